The van der Waals surface area contributed by atoms with Crippen molar-refractivity contribution in [1.82, 2.24) is 4.98 Å². The molecule has 1 nitrogen and oxygen atoms in total. The maximum Gasteiger partial charge on any atom is 0.0702 e. The van der Waals surface area contributed by atoms with Gasteiger partial charge in [0.2, 0.25) is 0 Å². The fourth-order valence-corrected chi connectivity index (χ4v) is 2.12. The molecule has 0 saturated heterocycles. The molecule has 1 heteroatoms. The zero-order valence-corrected chi connectivity index (χ0v) is 11.4. The van der Waals surface area contributed by atoms with Crippen LogP contribution < -0.4 is 0 Å². The van der Waals surface area contributed by atoms with Gasteiger partial charge >= 0.3 is 0 Å². The fraction of sp³-hybridized carbons (Fsp3) is 0.105. The smallest absolute Gasteiger partial charge is 0.0702 e. The second-order valence-electron chi connectivity index (χ2n) is 4.82. The first-order chi connectivity index (χ1) is 9.83. The third kappa shape index (κ3) is 2.70. The minimum Gasteiger partial charge on any atom is -0.256 e. The molecule has 0 unspecified atom stereocenters. The van der Waals surface area contributed by atoms with Crippen molar-refractivity contribution in [3.63, 3.8) is 0 Å². The number of pyridine rings is 1. The molecule has 0 aliphatic rings. The van der Waals surface area contributed by atoms with Gasteiger partial charge in [0.1, 0.15) is 0 Å². The third-order valence-electron chi connectivity index (χ3n) is 3.32. The molecule has 0 saturated carbocycles. The van der Waals surface area contributed by atoms with Crippen LogP contribution in [0.15, 0.2) is 66.9 Å². The van der Waals surface area contributed by atoms with Crippen LogP contribution in [0.1, 0.15) is 24.0 Å². The van der Waals surface area contributed by atoms with E-state index in [-0.39, 0.29) is 5.92 Å². The topological polar surface area (TPSA) is 12.9 Å². The molecular weight excluding hydrogens is 242 g/mol. The fourth-order valence-electron chi connectivity index (χ4n) is 2.12. The maximum absolute atomic E-state index is 4.49. The van der Waals surface area contributed by atoms with Crippen molar-refractivity contribution in [3.05, 3.63) is 78.0 Å². The first-order valence-electron chi connectivity index (χ1n) is 6.74. The van der Waals surface area contributed by atoms with Crippen LogP contribution in [0.2, 0.25) is 0 Å². The van der Waals surface area contributed by atoms with Crippen LogP contribution in [-0.4, -0.2) is 4.98 Å². The number of para-hydroxylation sites is 1. The van der Waals surface area contributed by atoms with Gasteiger partial charge in [-0.3, -0.25) is 4.98 Å². The van der Waals surface area contributed by atoms with Gasteiger partial charge in [-0.1, -0.05) is 48.2 Å². The molecule has 1 heterocycles. The molecule has 0 fully saturated rings. The molecule has 96 valence electrons. The van der Waals surface area contributed by atoms with E-state index >= 15 is 0 Å². The summed E-state index contributed by atoms with van der Waals surface area (Å²) in [5.74, 6) is 6.68. The Morgan fingerprint density at radius 1 is 0.950 bits per heavy atom. The highest BCUT2D eigenvalue weighted by atomic mass is 14.6. The van der Waals surface area contributed by atoms with E-state index in [2.05, 4.69) is 35.9 Å². The largest absolute Gasteiger partial charge is 0.256 e. The Morgan fingerprint density at radius 3 is 2.55 bits per heavy atom. The van der Waals surface area contributed by atoms with Gasteiger partial charge in [0.05, 0.1) is 5.52 Å². The second-order valence-corrected chi connectivity index (χ2v) is 4.82. The molecule has 0 bridgehead atoms. The van der Waals surface area contributed by atoms with Gasteiger partial charge < -0.3 is 0 Å². The quantitative estimate of drug-likeness (QED) is 0.589. The van der Waals surface area contributed by atoms with Crippen LogP contribution in [0.4, 0.5) is 0 Å². The predicted octanol–water partition coefficient (Wildman–Crippen LogP) is 4.39. The highest BCUT2D eigenvalue weighted by Gasteiger charge is 2.03. The van der Waals surface area contributed by atoms with E-state index in [1.807, 2.05) is 54.7 Å². The summed E-state index contributed by atoms with van der Waals surface area (Å²) in [5.41, 5.74) is 3.24. The van der Waals surface area contributed by atoms with E-state index in [0.29, 0.717) is 0 Å². The molecule has 0 amide bonds. The van der Waals surface area contributed by atoms with Gasteiger partial charge in [-0.05, 0) is 36.8 Å². The molecule has 0 aliphatic heterocycles. The van der Waals surface area contributed by atoms with E-state index in [1.165, 1.54) is 5.39 Å². The summed E-state index contributed by atoms with van der Waals surface area (Å²) >= 11 is 0. The average molecular weight is 257 g/mol. The lowest BCUT2D eigenvalue weighted by Gasteiger charge is -2.05. The van der Waals surface area contributed by atoms with Gasteiger partial charge in [-0.2, -0.15) is 0 Å². The number of aromatic nitrogens is 1. The molecule has 0 spiro atoms. The number of rotatable bonds is 1. The summed E-state index contributed by atoms with van der Waals surface area (Å²) in [7, 11) is 0. The number of hydrogen-bond acceptors (Lipinski definition) is 1. The van der Waals surface area contributed by atoms with Gasteiger partial charge in [0.25, 0.3) is 0 Å². The average Bonchev–Trinajstić information content (AvgIpc) is 2.53. The molecule has 1 atom stereocenters. The molecule has 3 rings (SSSR count). The zero-order chi connectivity index (χ0) is 13.8. The molecule has 20 heavy (non-hydrogen) atoms. The minimum absolute atomic E-state index is 0.173. The lowest BCUT2D eigenvalue weighted by atomic mass is 10.0. The summed E-state index contributed by atoms with van der Waals surface area (Å²) in [6, 6.07) is 20.4. The zero-order valence-electron chi connectivity index (χ0n) is 11.4. The maximum atomic E-state index is 4.49. The number of benzene rings is 2. The van der Waals surface area contributed by atoms with Crippen molar-refractivity contribution in [2.45, 2.75) is 12.8 Å². The van der Waals surface area contributed by atoms with E-state index in [0.717, 1.165) is 16.6 Å². The summed E-state index contributed by atoms with van der Waals surface area (Å²) in [4.78, 5) is 4.49. The van der Waals surface area contributed by atoms with E-state index in [4.69, 9.17) is 0 Å². The normalized spacial score (nSPS) is 11.7. The van der Waals surface area contributed by atoms with Crippen molar-refractivity contribution in [3.8, 4) is 11.8 Å². The van der Waals surface area contributed by atoms with Crippen LogP contribution >= 0.6 is 0 Å². The minimum atomic E-state index is 0.173. The van der Waals surface area contributed by atoms with Crippen LogP contribution in [0.5, 0.6) is 0 Å². The molecule has 1 aromatic heterocycles. The second kappa shape index (κ2) is 5.59. The summed E-state index contributed by atoms with van der Waals surface area (Å²) in [6.07, 6.45) is 1.92. The molecule has 0 N–H and O–H groups in total. The van der Waals surface area contributed by atoms with Crippen molar-refractivity contribution in [2.24, 2.45) is 0 Å². The molecular formula is C19H15N. The number of nitrogens with zero attached hydrogens (tertiary/aromatic N) is 1. The van der Waals surface area contributed by atoms with E-state index in [1.54, 1.807) is 0 Å². The Balaban J connectivity index is 1.89. The third-order valence-corrected chi connectivity index (χ3v) is 3.32. The highest BCUT2D eigenvalue weighted by Crippen LogP contribution is 2.19. The SMILES string of the molecule is C[C@@H](C#Cc1ccccc1)c1cnc2ccccc2c1. The molecule has 0 aliphatic carbocycles. The van der Waals surface area contributed by atoms with Crippen LogP contribution in [0.25, 0.3) is 10.9 Å². The Labute approximate surface area is 119 Å². The van der Waals surface area contributed by atoms with Gasteiger partial charge in [-0.25, -0.2) is 0 Å². The Morgan fingerprint density at radius 2 is 1.70 bits per heavy atom. The van der Waals surface area contributed by atoms with Crippen LogP contribution in [0.3, 0.4) is 0 Å². The summed E-state index contributed by atoms with van der Waals surface area (Å²) in [6.45, 7) is 2.11. The molecule has 0 radical (unpaired) electrons. The van der Waals surface area contributed by atoms with Crippen LogP contribution in [0, 0.1) is 11.8 Å². The monoisotopic (exact) mass is 257 g/mol. The summed E-state index contributed by atoms with van der Waals surface area (Å²) in [5, 5.41) is 1.17. The lowest BCUT2D eigenvalue weighted by Crippen LogP contribution is -1.92. The Kier molecular flexibility index (Phi) is 3.48. The predicted molar refractivity (Wildman–Crippen MR) is 83.5 cm³/mol. The molecule has 3 aromatic rings. The Hall–Kier alpha value is -2.59. The Bertz CT molecular complexity index is 779. The van der Waals surface area contributed by atoms with Crippen molar-refractivity contribution >= 4 is 10.9 Å². The van der Waals surface area contributed by atoms with Gasteiger partial charge in [0.15, 0.2) is 0 Å². The number of fused-ring (bicyclic) bond motifs is 1. The van der Waals surface area contributed by atoms with E-state index < -0.39 is 0 Å². The first-order valence-corrected chi connectivity index (χ1v) is 6.74. The summed E-state index contributed by atoms with van der Waals surface area (Å²) < 4.78 is 0. The highest BCUT2D eigenvalue weighted by molar-refractivity contribution is 5.78. The van der Waals surface area contributed by atoms with Crippen molar-refractivity contribution < 1.29 is 0 Å². The lowest BCUT2D eigenvalue weighted by molar-refractivity contribution is 0.995. The van der Waals surface area contributed by atoms with Crippen molar-refractivity contribution in [1.29, 1.82) is 0 Å². The first kappa shape index (κ1) is 12.4. The number of hydrogen-bond donors (Lipinski definition) is 0. The van der Waals surface area contributed by atoms with Crippen molar-refractivity contribution in [2.75, 3.05) is 0 Å². The van der Waals surface area contributed by atoms with Gasteiger partial charge in [0, 0.05) is 23.1 Å². The van der Waals surface area contributed by atoms with E-state index in [9.17, 15) is 0 Å². The molecule has 2 aromatic carbocycles. The van der Waals surface area contributed by atoms with Crippen LogP contribution in [-0.2, 0) is 0 Å². The standard InChI is InChI=1S/C19H15N/c1-15(11-12-16-7-3-2-4-8-16)18-13-17-9-5-6-10-19(17)20-14-18/h2-10,13-15H,1H3/t15-/m0/s1. The van der Waals surface area contributed by atoms with Gasteiger partial charge in [-0.15, -0.1) is 0 Å².